The number of aryl methyl sites for hydroxylation is 1. The van der Waals surface area contributed by atoms with Gasteiger partial charge in [-0.2, -0.15) is 0 Å². The van der Waals surface area contributed by atoms with Crippen LogP contribution in [-0.4, -0.2) is 76.8 Å². The van der Waals surface area contributed by atoms with Crippen molar-refractivity contribution in [3.8, 4) is 5.75 Å². The van der Waals surface area contributed by atoms with Crippen LogP contribution in [0.15, 0.2) is 54.6 Å². The predicted molar refractivity (Wildman–Crippen MR) is 172 cm³/mol. The van der Waals surface area contributed by atoms with Crippen molar-refractivity contribution in [3.63, 3.8) is 0 Å². The molecule has 0 aliphatic heterocycles. The molecule has 3 atom stereocenters. The number of nitrogens with one attached hydrogen (secondary N) is 4. The van der Waals surface area contributed by atoms with Crippen LogP contribution in [-0.2, 0) is 32.0 Å². The summed E-state index contributed by atoms with van der Waals surface area (Å²) in [5, 5.41) is 30.5. The quantitative estimate of drug-likeness (QED) is 0.112. The molecule has 0 bridgehead atoms. The first-order valence-electron chi connectivity index (χ1n) is 15.6. The predicted octanol–water partition coefficient (Wildman–Crippen LogP) is 3.20. The number of aliphatic hydroxyl groups is 1. The van der Waals surface area contributed by atoms with Crippen molar-refractivity contribution in [2.24, 2.45) is 11.8 Å². The highest BCUT2D eigenvalue weighted by molar-refractivity contribution is 5.88. The topological polar surface area (TPSA) is 179 Å². The number of amides is 4. The molecule has 0 aliphatic rings. The number of carbonyl (C=O) groups is 4. The average Bonchev–Trinajstić information content (AvgIpc) is 3.00. The molecule has 0 fully saturated rings. The highest BCUT2D eigenvalue weighted by Gasteiger charge is 2.42. The summed E-state index contributed by atoms with van der Waals surface area (Å²) in [7, 11) is 0. The van der Waals surface area contributed by atoms with Crippen LogP contribution >= 0.6 is 0 Å². The van der Waals surface area contributed by atoms with Crippen LogP contribution in [0.1, 0.15) is 59.1 Å². The van der Waals surface area contributed by atoms with E-state index in [1.165, 1.54) is 12.1 Å². The van der Waals surface area contributed by atoms with Crippen molar-refractivity contribution in [2.75, 3.05) is 19.8 Å². The maximum Gasteiger partial charge on any atom is 0.409 e. The molecule has 4 amide bonds. The van der Waals surface area contributed by atoms with E-state index >= 15 is 0 Å². The van der Waals surface area contributed by atoms with Crippen molar-refractivity contribution < 1.29 is 38.9 Å². The maximum absolute atomic E-state index is 13.6. The molecule has 0 spiro atoms. The Hall–Kier alpha value is -4.36. The van der Waals surface area contributed by atoms with Crippen molar-refractivity contribution in [2.45, 2.75) is 78.7 Å². The largest absolute Gasteiger partial charge is 0.508 e. The highest BCUT2D eigenvalue weighted by Crippen LogP contribution is 2.17. The van der Waals surface area contributed by atoms with Crippen LogP contribution in [0.25, 0.3) is 0 Å². The van der Waals surface area contributed by atoms with Gasteiger partial charge in [-0.05, 0) is 55.9 Å². The van der Waals surface area contributed by atoms with Gasteiger partial charge >= 0.3 is 12.2 Å². The smallest absolute Gasteiger partial charge is 0.409 e. The maximum atomic E-state index is 13.6. The van der Waals surface area contributed by atoms with Gasteiger partial charge in [-0.1, -0.05) is 70.2 Å². The highest BCUT2D eigenvalue weighted by atomic mass is 16.6. The minimum absolute atomic E-state index is 0.0512. The number of hydrazine groups is 1. The number of carbonyl (C=O) groups excluding carboxylic acids is 4. The summed E-state index contributed by atoms with van der Waals surface area (Å²) >= 11 is 0. The number of ether oxygens (including phenoxy) is 2. The number of hydrogen-bond acceptors (Lipinski definition) is 9. The first-order valence-corrected chi connectivity index (χ1v) is 15.6. The molecule has 13 heteroatoms. The lowest BCUT2D eigenvalue weighted by Gasteiger charge is -2.35. The second-order valence-electron chi connectivity index (χ2n) is 11.6. The Balaban J connectivity index is 2.41. The molecule has 6 N–H and O–H groups in total. The average molecular weight is 644 g/mol. The van der Waals surface area contributed by atoms with Crippen molar-refractivity contribution >= 4 is 24.0 Å². The number of aromatic hydroxyl groups is 1. The molecule has 254 valence electrons. The van der Waals surface area contributed by atoms with Gasteiger partial charge < -0.3 is 30.3 Å². The van der Waals surface area contributed by atoms with E-state index < -0.39 is 47.7 Å². The summed E-state index contributed by atoms with van der Waals surface area (Å²) in [6, 6.07) is 14.5. The lowest BCUT2D eigenvalue weighted by Crippen LogP contribution is -2.64. The fourth-order valence-electron chi connectivity index (χ4n) is 4.57. The van der Waals surface area contributed by atoms with Gasteiger partial charge in [-0.25, -0.2) is 14.6 Å². The fraction of sp³-hybridized carbons (Fsp3) is 0.515. The lowest BCUT2D eigenvalue weighted by molar-refractivity contribution is -0.149. The van der Waals surface area contributed by atoms with E-state index in [4.69, 9.17) is 9.47 Å². The van der Waals surface area contributed by atoms with Crippen LogP contribution in [0.4, 0.5) is 9.59 Å². The molecule has 0 unspecified atom stereocenters. The van der Waals surface area contributed by atoms with E-state index in [1.807, 2.05) is 30.3 Å². The number of nitrogens with zero attached hydrogens (tertiary/aromatic N) is 1. The van der Waals surface area contributed by atoms with Crippen molar-refractivity contribution in [3.05, 3.63) is 65.7 Å². The Kier molecular flexibility index (Phi) is 15.3. The van der Waals surface area contributed by atoms with Crippen LogP contribution < -0.4 is 21.4 Å². The van der Waals surface area contributed by atoms with Crippen LogP contribution in [0.2, 0.25) is 0 Å². The number of hydrogen-bond donors (Lipinski definition) is 6. The molecule has 0 saturated heterocycles. The molecule has 0 radical (unpaired) electrons. The van der Waals surface area contributed by atoms with Crippen LogP contribution in [0, 0.1) is 11.8 Å². The third kappa shape index (κ3) is 12.2. The zero-order valence-electron chi connectivity index (χ0n) is 27.5. The number of benzene rings is 2. The fourth-order valence-corrected chi connectivity index (χ4v) is 4.57. The van der Waals surface area contributed by atoms with Crippen LogP contribution in [0.5, 0.6) is 5.75 Å². The number of alkyl carbamates (subject to hydrolysis) is 2. The van der Waals surface area contributed by atoms with Gasteiger partial charge in [0.05, 0.1) is 13.2 Å². The summed E-state index contributed by atoms with van der Waals surface area (Å²) in [4.78, 5) is 51.6. The molecule has 0 aromatic heterocycles. The molecule has 2 aromatic carbocycles. The molecule has 0 aliphatic carbocycles. The third-order valence-corrected chi connectivity index (χ3v) is 7.23. The summed E-state index contributed by atoms with van der Waals surface area (Å²) in [5.74, 6) is -2.28. The van der Waals surface area contributed by atoms with Gasteiger partial charge in [-0.3, -0.25) is 20.3 Å². The molecular weight excluding hydrogens is 594 g/mol. The van der Waals surface area contributed by atoms with Gasteiger partial charge in [-0.15, -0.1) is 0 Å². The SMILES string of the molecule is CCOC(=O)N[C@H](C(=O)NN(Cc1ccc(O)cc1)C[C@H](CCc1ccccc1)NC(=O)[C@@](O)(NC(=O)OCC)C(C)C)C(C)C. The molecule has 2 rings (SSSR count). The second-order valence-corrected chi connectivity index (χ2v) is 11.6. The van der Waals surface area contributed by atoms with Gasteiger partial charge in [0.25, 0.3) is 11.8 Å². The number of phenolic OH excluding ortho intramolecular Hbond substituents is 1. The molecule has 13 nitrogen and oxygen atoms in total. The van der Waals surface area contributed by atoms with E-state index in [9.17, 15) is 29.4 Å². The van der Waals surface area contributed by atoms with E-state index in [0.717, 1.165) is 11.1 Å². The zero-order valence-corrected chi connectivity index (χ0v) is 27.5. The Morgan fingerprint density at radius 2 is 1.46 bits per heavy atom. The Labute approximate surface area is 271 Å². The van der Waals surface area contributed by atoms with Gasteiger partial charge in [0, 0.05) is 25.0 Å². The summed E-state index contributed by atoms with van der Waals surface area (Å²) < 4.78 is 9.90. The van der Waals surface area contributed by atoms with Gasteiger partial charge in [0.2, 0.25) is 5.72 Å². The number of rotatable bonds is 17. The molecule has 0 saturated carbocycles. The molecule has 2 aromatic rings. The number of phenols is 1. The molecule has 0 heterocycles. The Morgan fingerprint density at radius 1 is 0.848 bits per heavy atom. The third-order valence-electron chi connectivity index (χ3n) is 7.23. The Bertz CT molecular complexity index is 1260. The normalized spacial score (nSPS) is 13.8. The van der Waals surface area contributed by atoms with Gasteiger partial charge in [0.15, 0.2) is 0 Å². The van der Waals surface area contributed by atoms with E-state index in [-0.39, 0.29) is 38.0 Å². The summed E-state index contributed by atoms with van der Waals surface area (Å²) in [6.07, 6.45) is -0.710. The first kappa shape index (κ1) is 37.8. The van der Waals surface area contributed by atoms with Crippen LogP contribution in [0.3, 0.4) is 0 Å². The first-order chi connectivity index (χ1) is 21.8. The molecule has 46 heavy (non-hydrogen) atoms. The van der Waals surface area contributed by atoms with E-state index in [1.54, 1.807) is 58.7 Å². The second kappa shape index (κ2) is 18.6. The Morgan fingerprint density at radius 3 is 2.02 bits per heavy atom. The van der Waals surface area contributed by atoms with Crippen molar-refractivity contribution in [1.82, 2.24) is 26.4 Å². The van der Waals surface area contributed by atoms with Gasteiger partial charge in [0.1, 0.15) is 11.8 Å². The zero-order chi connectivity index (χ0) is 34.3. The minimum Gasteiger partial charge on any atom is -0.508 e. The standard InChI is InChI=1S/C33H49N5O8/c1-7-45-31(42)35-28(22(3)4)29(40)37-38(20-25-15-18-27(39)19-16-25)21-26(17-14-24-12-10-9-11-13-24)34-30(41)33(44,23(5)6)36-32(43)46-8-2/h9-13,15-16,18-19,22-23,26,28,39,44H,7-8,14,17,20-21H2,1-6H3,(H,34,41)(H,35,42)(H,36,43)(H,37,40)/t26-,28-,33+/m0/s1. The summed E-state index contributed by atoms with van der Waals surface area (Å²) in [5.41, 5.74) is 2.35. The van der Waals surface area contributed by atoms with E-state index in [2.05, 4.69) is 21.4 Å². The summed E-state index contributed by atoms with van der Waals surface area (Å²) in [6.45, 7) is 10.5. The monoisotopic (exact) mass is 643 g/mol. The lowest BCUT2D eigenvalue weighted by atomic mass is 9.97. The minimum atomic E-state index is -2.28. The van der Waals surface area contributed by atoms with Crippen molar-refractivity contribution in [1.29, 1.82) is 0 Å². The molecular formula is C33H49N5O8. The van der Waals surface area contributed by atoms with E-state index in [0.29, 0.717) is 12.8 Å².